The third-order valence-electron chi connectivity index (χ3n) is 6.13. The molecule has 1 aromatic carbocycles. The zero-order valence-electron chi connectivity index (χ0n) is 18.0. The first-order valence-corrected chi connectivity index (χ1v) is 10.8. The van der Waals surface area contributed by atoms with Gasteiger partial charge >= 0.3 is 0 Å². The Kier molecular flexibility index (Phi) is 4.74. The summed E-state index contributed by atoms with van der Waals surface area (Å²) in [6.07, 6.45) is 4.18. The first-order valence-electron chi connectivity index (χ1n) is 10.8. The summed E-state index contributed by atoms with van der Waals surface area (Å²) >= 11 is 0. The number of amides is 1. The maximum atomic E-state index is 11.8. The monoisotopic (exact) mass is 459 g/mol. The van der Waals surface area contributed by atoms with Gasteiger partial charge in [0, 0.05) is 25.2 Å². The molecule has 0 saturated carbocycles. The summed E-state index contributed by atoms with van der Waals surface area (Å²) in [6.45, 7) is 2.95. The Morgan fingerprint density at radius 2 is 2.09 bits per heavy atom. The third-order valence-corrected chi connectivity index (χ3v) is 6.13. The second-order valence-electron chi connectivity index (χ2n) is 8.17. The van der Waals surface area contributed by atoms with Crippen molar-refractivity contribution in [3.8, 4) is 11.6 Å². The fourth-order valence-electron chi connectivity index (χ4n) is 4.38. The minimum Gasteiger partial charge on any atom is -0.461 e. The number of aromatic nitrogens is 6. The molecule has 0 radical (unpaired) electrons. The largest absolute Gasteiger partial charge is 0.461 e. The quantitative estimate of drug-likeness (QED) is 0.262. The van der Waals surface area contributed by atoms with Crippen LogP contribution in [0, 0.1) is 0 Å². The Balaban J connectivity index is 1.24. The Morgan fingerprint density at radius 1 is 1.18 bits per heavy atom. The number of nitrogens with one attached hydrogen (secondary N) is 1. The lowest BCUT2D eigenvalue weighted by Gasteiger charge is -2.29. The lowest BCUT2D eigenvalue weighted by atomic mass is 9.97. The van der Waals surface area contributed by atoms with E-state index < -0.39 is 5.91 Å². The van der Waals surface area contributed by atoms with Gasteiger partial charge in [0.1, 0.15) is 0 Å². The Bertz CT molecular complexity index is 1520. The number of hydrogen-bond acceptors (Lipinski definition) is 9. The molecular formula is C22H21N9O3. The first kappa shape index (κ1) is 20.3. The van der Waals surface area contributed by atoms with Crippen LogP contribution in [-0.2, 0) is 19.5 Å². The molecule has 12 nitrogen and oxygen atoms in total. The number of anilines is 1. The van der Waals surface area contributed by atoms with E-state index in [0.717, 1.165) is 30.5 Å². The average molecular weight is 459 g/mol. The van der Waals surface area contributed by atoms with E-state index in [1.807, 2.05) is 16.8 Å². The molecule has 172 valence electrons. The molecule has 4 N–H and O–H groups in total. The van der Waals surface area contributed by atoms with E-state index in [1.165, 1.54) is 10.1 Å². The van der Waals surface area contributed by atoms with Gasteiger partial charge in [-0.05, 0) is 41.8 Å². The molecule has 0 aliphatic carbocycles. The molecule has 0 atom stereocenters. The molecule has 6 rings (SSSR count). The van der Waals surface area contributed by atoms with Crippen molar-refractivity contribution in [1.82, 2.24) is 39.7 Å². The summed E-state index contributed by atoms with van der Waals surface area (Å²) in [5.74, 6) is 0.686. The SMILES string of the molecule is Nc1nc2c(cnn2CCN2CCc3ccc(C(=O)NO)cc3C2)c2nc(-c3ccco3)nn12. The van der Waals surface area contributed by atoms with Crippen molar-refractivity contribution in [1.29, 1.82) is 0 Å². The maximum absolute atomic E-state index is 11.8. The van der Waals surface area contributed by atoms with Gasteiger partial charge in [0.05, 0.1) is 24.4 Å². The summed E-state index contributed by atoms with van der Waals surface area (Å²) in [6, 6.07) is 9.07. The zero-order valence-corrected chi connectivity index (χ0v) is 18.0. The van der Waals surface area contributed by atoms with E-state index in [9.17, 15) is 4.79 Å². The minimum atomic E-state index is -0.512. The van der Waals surface area contributed by atoms with Crippen LogP contribution in [0.25, 0.3) is 28.3 Å². The number of rotatable bonds is 5. The lowest BCUT2D eigenvalue weighted by molar-refractivity contribution is 0.0706. The second-order valence-corrected chi connectivity index (χ2v) is 8.17. The predicted molar refractivity (Wildman–Crippen MR) is 121 cm³/mol. The van der Waals surface area contributed by atoms with Crippen LogP contribution >= 0.6 is 0 Å². The molecule has 0 unspecified atom stereocenters. The highest BCUT2D eigenvalue weighted by atomic mass is 16.5. The number of nitrogen functional groups attached to an aromatic ring is 1. The molecule has 1 aliphatic rings. The van der Waals surface area contributed by atoms with E-state index in [0.29, 0.717) is 41.5 Å². The standard InChI is InChI=1S/C22H21N9O3/c23-22-26-19-16(20-25-18(27-31(20)22)17-2-1-9-34-17)11-24-30(19)8-7-29-6-5-13-3-4-14(21(32)28-33)10-15(13)12-29/h1-4,9-11,33H,5-8,12H2,(H2,23,26)(H,28,32). The Morgan fingerprint density at radius 3 is 2.91 bits per heavy atom. The topological polar surface area (TPSA) is 153 Å². The van der Waals surface area contributed by atoms with Crippen molar-refractivity contribution >= 4 is 28.5 Å². The number of carbonyl (C=O) groups is 1. The van der Waals surface area contributed by atoms with Gasteiger partial charge < -0.3 is 10.2 Å². The van der Waals surface area contributed by atoms with Gasteiger partial charge in [0.15, 0.2) is 17.1 Å². The van der Waals surface area contributed by atoms with Crippen molar-refractivity contribution in [2.24, 2.45) is 0 Å². The zero-order chi connectivity index (χ0) is 23.2. The van der Waals surface area contributed by atoms with Gasteiger partial charge in [0.25, 0.3) is 5.91 Å². The molecule has 1 amide bonds. The Hall–Kier alpha value is -4.29. The van der Waals surface area contributed by atoms with E-state index in [4.69, 9.17) is 15.4 Å². The van der Waals surface area contributed by atoms with Gasteiger partial charge in [-0.15, -0.1) is 5.10 Å². The third kappa shape index (κ3) is 3.36. The molecule has 34 heavy (non-hydrogen) atoms. The number of nitrogens with two attached hydrogens (primary N) is 1. The molecule has 0 fully saturated rings. The molecule has 12 heteroatoms. The van der Waals surface area contributed by atoms with Crippen molar-refractivity contribution in [3.63, 3.8) is 0 Å². The fraction of sp³-hybridized carbons (Fsp3) is 0.227. The summed E-state index contributed by atoms with van der Waals surface area (Å²) in [4.78, 5) is 23.2. The average Bonchev–Trinajstić information content (AvgIpc) is 3.61. The molecule has 5 heterocycles. The highest BCUT2D eigenvalue weighted by Gasteiger charge is 2.20. The normalized spacial score (nSPS) is 14.0. The van der Waals surface area contributed by atoms with Gasteiger partial charge in [-0.25, -0.2) is 15.1 Å². The fourth-order valence-corrected chi connectivity index (χ4v) is 4.38. The van der Waals surface area contributed by atoms with Crippen molar-refractivity contribution in [2.45, 2.75) is 19.5 Å². The number of carbonyl (C=O) groups excluding carboxylic acids is 1. The number of benzene rings is 1. The van der Waals surface area contributed by atoms with Crippen LogP contribution in [0.1, 0.15) is 21.5 Å². The molecule has 1 aliphatic heterocycles. The Labute approximate surface area is 192 Å². The van der Waals surface area contributed by atoms with Crippen LogP contribution in [0.15, 0.2) is 47.2 Å². The van der Waals surface area contributed by atoms with Crippen LogP contribution in [0.3, 0.4) is 0 Å². The molecule has 0 bridgehead atoms. The number of hydrogen-bond donors (Lipinski definition) is 3. The number of fused-ring (bicyclic) bond motifs is 4. The minimum absolute atomic E-state index is 0.219. The summed E-state index contributed by atoms with van der Waals surface area (Å²) in [5, 5.41) is 18.6. The van der Waals surface area contributed by atoms with Gasteiger partial charge in [-0.3, -0.25) is 14.9 Å². The van der Waals surface area contributed by atoms with Crippen molar-refractivity contribution in [3.05, 3.63) is 59.5 Å². The number of nitrogens with zero attached hydrogens (tertiary/aromatic N) is 7. The van der Waals surface area contributed by atoms with Crippen LogP contribution in [0.4, 0.5) is 5.95 Å². The molecule has 4 aromatic heterocycles. The number of hydroxylamine groups is 1. The van der Waals surface area contributed by atoms with Crippen molar-refractivity contribution in [2.75, 3.05) is 18.8 Å². The van der Waals surface area contributed by atoms with Crippen LogP contribution in [0.2, 0.25) is 0 Å². The van der Waals surface area contributed by atoms with Crippen LogP contribution in [-0.4, -0.2) is 58.5 Å². The van der Waals surface area contributed by atoms with Gasteiger partial charge in [0.2, 0.25) is 11.8 Å². The van der Waals surface area contributed by atoms with Gasteiger partial charge in [-0.2, -0.15) is 14.6 Å². The molecular weight excluding hydrogens is 438 g/mol. The summed E-state index contributed by atoms with van der Waals surface area (Å²) in [7, 11) is 0. The second kappa shape index (κ2) is 7.93. The lowest BCUT2D eigenvalue weighted by Crippen LogP contribution is -2.33. The summed E-state index contributed by atoms with van der Waals surface area (Å²) < 4.78 is 8.71. The molecule has 0 spiro atoms. The smallest absolute Gasteiger partial charge is 0.274 e. The van der Waals surface area contributed by atoms with Crippen LogP contribution < -0.4 is 11.2 Å². The van der Waals surface area contributed by atoms with E-state index in [1.54, 1.807) is 36.1 Å². The van der Waals surface area contributed by atoms with Crippen LogP contribution in [0.5, 0.6) is 0 Å². The first-order chi connectivity index (χ1) is 16.6. The van der Waals surface area contributed by atoms with Gasteiger partial charge in [-0.1, -0.05) is 6.07 Å². The maximum Gasteiger partial charge on any atom is 0.274 e. The number of furan rings is 1. The molecule has 0 saturated heterocycles. The highest BCUT2D eigenvalue weighted by molar-refractivity contribution is 5.93. The highest BCUT2D eigenvalue weighted by Crippen LogP contribution is 2.24. The predicted octanol–water partition coefficient (Wildman–Crippen LogP) is 1.49. The van der Waals surface area contributed by atoms with E-state index in [-0.39, 0.29) is 5.95 Å². The molecule has 5 aromatic rings. The van der Waals surface area contributed by atoms with E-state index >= 15 is 0 Å². The van der Waals surface area contributed by atoms with Crippen molar-refractivity contribution < 1.29 is 14.4 Å². The summed E-state index contributed by atoms with van der Waals surface area (Å²) in [5.41, 5.74) is 11.8. The van der Waals surface area contributed by atoms with E-state index in [2.05, 4.69) is 25.1 Å².